The van der Waals surface area contributed by atoms with Gasteiger partial charge in [0.1, 0.15) is 0 Å². The molecule has 0 aliphatic heterocycles. The molecule has 2 N–H and O–H groups in total. The number of carbonyl (C=O) groups excluding carboxylic acids is 1. The predicted molar refractivity (Wildman–Crippen MR) is 74.3 cm³/mol. The van der Waals surface area contributed by atoms with Crippen molar-refractivity contribution in [3.63, 3.8) is 0 Å². The zero-order valence-corrected chi connectivity index (χ0v) is 11.4. The second-order valence-corrected chi connectivity index (χ2v) is 5.86. The normalized spacial score (nSPS) is 23.5. The van der Waals surface area contributed by atoms with Crippen LogP contribution in [0.15, 0.2) is 24.3 Å². The van der Waals surface area contributed by atoms with Crippen LogP contribution in [0, 0.1) is 17.8 Å². The van der Waals surface area contributed by atoms with Gasteiger partial charge in [-0.05, 0) is 54.7 Å². The minimum Gasteiger partial charge on any atom is -0.366 e. The molecule has 0 radical (unpaired) electrons. The minimum absolute atomic E-state index is 0.345. The summed E-state index contributed by atoms with van der Waals surface area (Å²) in [6, 6.07) is 7.79. The van der Waals surface area contributed by atoms with Crippen molar-refractivity contribution in [3.8, 4) is 0 Å². The maximum Gasteiger partial charge on any atom is 0.248 e. The van der Waals surface area contributed by atoms with E-state index in [0.717, 1.165) is 24.2 Å². The molecule has 0 saturated heterocycles. The number of primary amides is 1. The SMILES string of the molecule is CC(C)C1CCCC1Cc1ccc(C(N)=O)cc1. The van der Waals surface area contributed by atoms with Crippen molar-refractivity contribution in [1.29, 1.82) is 0 Å². The first-order chi connectivity index (χ1) is 8.58. The lowest BCUT2D eigenvalue weighted by atomic mass is 9.82. The van der Waals surface area contributed by atoms with Gasteiger partial charge in [0.25, 0.3) is 0 Å². The molecular formula is C16H23NO. The van der Waals surface area contributed by atoms with Gasteiger partial charge in [-0.3, -0.25) is 4.79 Å². The van der Waals surface area contributed by atoms with E-state index < -0.39 is 0 Å². The van der Waals surface area contributed by atoms with E-state index in [4.69, 9.17) is 5.73 Å². The molecule has 2 rings (SSSR count). The number of benzene rings is 1. The highest BCUT2D eigenvalue weighted by Gasteiger charge is 2.29. The Bertz CT molecular complexity index is 408. The van der Waals surface area contributed by atoms with Crippen molar-refractivity contribution >= 4 is 5.91 Å². The van der Waals surface area contributed by atoms with E-state index >= 15 is 0 Å². The van der Waals surface area contributed by atoms with Crippen LogP contribution >= 0.6 is 0 Å². The van der Waals surface area contributed by atoms with E-state index in [0.29, 0.717) is 5.56 Å². The van der Waals surface area contributed by atoms with Crippen LogP contribution in [0.2, 0.25) is 0 Å². The largest absolute Gasteiger partial charge is 0.366 e. The van der Waals surface area contributed by atoms with E-state index in [9.17, 15) is 4.79 Å². The fourth-order valence-corrected chi connectivity index (χ4v) is 3.30. The maximum absolute atomic E-state index is 11.0. The Morgan fingerprint density at radius 3 is 2.50 bits per heavy atom. The number of carbonyl (C=O) groups is 1. The Hall–Kier alpha value is -1.31. The van der Waals surface area contributed by atoms with E-state index in [-0.39, 0.29) is 5.91 Å². The van der Waals surface area contributed by atoms with Gasteiger partial charge >= 0.3 is 0 Å². The topological polar surface area (TPSA) is 43.1 Å². The lowest BCUT2D eigenvalue weighted by Gasteiger charge is -2.23. The van der Waals surface area contributed by atoms with Gasteiger partial charge in [0.05, 0.1) is 0 Å². The van der Waals surface area contributed by atoms with Gasteiger partial charge in [-0.25, -0.2) is 0 Å². The monoisotopic (exact) mass is 245 g/mol. The number of nitrogens with two attached hydrogens (primary N) is 1. The van der Waals surface area contributed by atoms with E-state index in [1.165, 1.54) is 24.8 Å². The highest BCUT2D eigenvalue weighted by molar-refractivity contribution is 5.92. The Morgan fingerprint density at radius 2 is 1.94 bits per heavy atom. The Morgan fingerprint density at radius 1 is 1.28 bits per heavy atom. The molecule has 0 heterocycles. The number of rotatable bonds is 4. The quantitative estimate of drug-likeness (QED) is 0.868. The molecule has 1 aromatic carbocycles. The molecule has 1 aliphatic carbocycles. The van der Waals surface area contributed by atoms with Crippen LogP contribution in [0.3, 0.4) is 0 Å². The second kappa shape index (κ2) is 5.55. The van der Waals surface area contributed by atoms with E-state index in [2.05, 4.69) is 26.0 Å². The molecule has 2 heteroatoms. The summed E-state index contributed by atoms with van der Waals surface area (Å²) in [5, 5.41) is 0. The third kappa shape index (κ3) is 2.92. The van der Waals surface area contributed by atoms with Crippen molar-refractivity contribution in [2.75, 3.05) is 0 Å². The minimum atomic E-state index is -0.345. The fraction of sp³-hybridized carbons (Fsp3) is 0.562. The van der Waals surface area contributed by atoms with Gasteiger partial charge in [0, 0.05) is 5.56 Å². The average molecular weight is 245 g/mol. The summed E-state index contributed by atoms with van der Waals surface area (Å²) in [5.74, 6) is 2.11. The first-order valence-electron chi connectivity index (χ1n) is 6.96. The molecule has 1 aliphatic rings. The average Bonchev–Trinajstić information content (AvgIpc) is 2.78. The van der Waals surface area contributed by atoms with Gasteiger partial charge in [0.2, 0.25) is 5.91 Å². The zero-order chi connectivity index (χ0) is 13.1. The molecule has 0 spiro atoms. The number of amides is 1. The van der Waals surface area contributed by atoms with Crippen LogP contribution in [0.4, 0.5) is 0 Å². The maximum atomic E-state index is 11.0. The predicted octanol–water partition coefficient (Wildman–Crippen LogP) is 3.40. The first kappa shape index (κ1) is 13.1. The summed E-state index contributed by atoms with van der Waals surface area (Å²) >= 11 is 0. The van der Waals surface area contributed by atoms with Gasteiger partial charge in [0.15, 0.2) is 0 Å². The number of hydrogen-bond acceptors (Lipinski definition) is 1. The van der Waals surface area contributed by atoms with Gasteiger partial charge < -0.3 is 5.73 Å². The molecule has 18 heavy (non-hydrogen) atoms. The second-order valence-electron chi connectivity index (χ2n) is 5.86. The lowest BCUT2D eigenvalue weighted by molar-refractivity contribution is 0.100. The zero-order valence-electron chi connectivity index (χ0n) is 11.4. The highest BCUT2D eigenvalue weighted by Crippen LogP contribution is 2.38. The molecular weight excluding hydrogens is 222 g/mol. The molecule has 2 atom stereocenters. The molecule has 2 unspecified atom stereocenters. The van der Waals surface area contributed by atoms with Crippen molar-refractivity contribution in [2.24, 2.45) is 23.5 Å². The summed E-state index contributed by atoms with van der Waals surface area (Å²) in [7, 11) is 0. The van der Waals surface area contributed by atoms with Gasteiger partial charge in [-0.15, -0.1) is 0 Å². The summed E-state index contributed by atoms with van der Waals surface area (Å²) in [6.07, 6.45) is 5.23. The highest BCUT2D eigenvalue weighted by atomic mass is 16.1. The van der Waals surface area contributed by atoms with Gasteiger partial charge in [-0.1, -0.05) is 32.4 Å². The smallest absolute Gasteiger partial charge is 0.248 e. The Kier molecular flexibility index (Phi) is 4.05. The van der Waals surface area contributed by atoms with Crippen molar-refractivity contribution in [1.82, 2.24) is 0 Å². The number of hydrogen-bond donors (Lipinski definition) is 1. The molecule has 0 bridgehead atoms. The van der Waals surface area contributed by atoms with Crippen LogP contribution < -0.4 is 5.73 Å². The summed E-state index contributed by atoms with van der Waals surface area (Å²) in [5.41, 5.74) is 7.18. The molecule has 1 saturated carbocycles. The molecule has 1 amide bonds. The summed E-state index contributed by atoms with van der Waals surface area (Å²) in [4.78, 5) is 11.0. The fourth-order valence-electron chi connectivity index (χ4n) is 3.30. The standard InChI is InChI=1S/C16H23NO/c1-11(2)15-5-3-4-14(15)10-12-6-8-13(9-7-12)16(17)18/h6-9,11,14-15H,3-5,10H2,1-2H3,(H2,17,18). The van der Waals surface area contributed by atoms with Crippen molar-refractivity contribution in [3.05, 3.63) is 35.4 Å². The van der Waals surface area contributed by atoms with Gasteiger partial charge in [-0.2, -0.15) is 0 Å². The summed E-state index contributed by atoms with van der Waals surface area (Å²) in [6.45, 7) is 4.67. The third-order valence-electron chi connectivity index (χ3n) is 4.31. The molecule has 1 aromatic rings. The van der Waals surface area contributed by atoms with Crippen molar-refractivity contribution in [2.45, 2.75) is 39.5 Å². The summed E-state index contributed by atoms with van der Waals surface area (Å²) < 4.78 is 0. The molecule has 1 fully saturated rings. The van der Waals surface area contributed by atoms with Crippen molar-refractivity contribution < 1.29 is 4.79 Å². The molecule has 0 aromatic heterocycles. The first-order valence-corrected chi connectivity index (χ1v) is 6.96. The van der Waals surface area contributed by atoms with Crippen LogP contribution in [0.5, 0.6) is 0 Å². The van der Waals surface area contributed by atoms with Crippen LogP contribution in [0.25, 0.3) is 0 Å². The third-order valence-corrected chi connectivity index (χ3v) is 4.31. The molecule has 98 valence electrons. The van der Waals surface area contributed by atoms with Crippen LogP contribution in [0.1, 0.15) is 49.0 Å². The van der Waals surface area contributed by atoms with Crippen LogP contribution in [-0.4, -0.2) is 5.91 Å². The van der Waals surface area contributed by atoms with E-state index in [1.54, 1.807) is 0 Å². The molecule has 2 nitrogen and oxygen atoms in total. The van der Waals surface area contributed by atoms with E-state index in [1.807, 2.05) is 12.1 Å². The Balaban J connectivity index is 2.02. The Labute approximate surface area is 110 Å². The van der Waals surface area contributed by atoms with Crippen LogP contribution in [-0.2, 0) is 6.42 Å². The lowest BCUT2D eigenvalue weighted by Crippen LogP contribution is -2.16.